The number of hydrogen-bond donors (Lipinski definition) is 0. The van der Waals surface area contributed by atoms with Gasteiger partial charge in [-0.25, -0.2) is 4.39 Å². The van der Waals surface area contributed by atoms with E-state index >= 15 is 0 Å². The SMILES string of the molecule is O=C1CCN(Cc2c(F)cccc2Cl)CC1. The molecule has 0 spiro atoms. The fourth-order valence-corrected chi connectivity index (χ4v) is 2.09. The van der Waals surface area contributed by atoms with Gasteiger partial charge in [-0.3, -0.25) is 9.69 Å². The third kappa shape index (κ3) is 2.60. The van der Waals surface area contributed by atoms with Crippen LogP contribution in [-0.4, -0.2) is 23.8 Å². The molecule has 0 N–H and O–H groups in total. The molecular weight excluding hydrogens is 229 g/mol. The van der Waals surface area contributed by atoms with Gasteiger partial charge in [-0.05, 0) is 12.1 Å². The number of benzene rings is 1. The van der Waals surface area contributed by atoms with Crippen molar-refractivity contribution in [1.82, 2.24) is 4.90 Å². The molecule has 1 heterocycles. The lowest BCUT2D eigenvalue weighted by atomic mass is 10.1. The Kier molecular flexibility index (Phi) is 3.56. The molecule has 1 aromatic rings. The van der Waals surface area contributed by atoms with Crippen molar-refractivity contribution < 1.29 is 9.18 Å². The van der Waals surface area contributed by atoms with Gasteiger partial charge in [0.05, 0.1) is 0 Å². The summed E-state index contributed by atoms with van der Waals surface area (Å²) in [5.74, 6) is 0.0141. The lowest BCUT2D eigenvalue weighted by molar-refractivity contribution is -0.121. The first kappa shape index (κ1) is 11.6. The molecule has 1 saturated heterocycles. The minimum atomic E-state index is -0.274. The molecule has 1 aliphatic rings. The summed E-state index contributed by atoms with van der Waals surface area (Å²) in [6.45, 7) is 1.88. The van der Waals surface area contributed by atoms with Crippen molar-refractivity contribution in [3.8, 4) is 0 Å². The number of carbonyl (C=O) groups excluding carboxylic acids is 1. The van der Waals surface area contributed by atoms with Crippen LogP contribution in [0.2, 0.25) is 5.02 Å². The zero-order valence-electron chi connectivity index (χ0n) is 8.88. The first-order valence-corrected chi connectivity index (χ1v) is 5.71. The maximum absolute atomic E-state index is 13.5. The topological polar surface area (TPSA) is 20.3 Å². The Labute approximate surface area is 99.0 Å². The van der Waals surface area contributed by atoms with Crippen molar-refractivity contribution in [3.05, 3.63) is 34.6 Å². The van der Waals surface area contributed by atoms with Crippen LogP contribution in [0.4, 0.5) is 4.39 Å². The number of hydrogen-bond acceptors (Lipinski definition) is 2. The molecule has 1 aliphatic heterocycles. The summed E-state index contributed by atoms with van der Waals surface area (Å²) in [6.07, 6.45) is 1.12. The van der Waals surface area contributed by atoms with Gasteiger partial charge in [-0.1, -0.05) is 17.7 Å². The molecule has 0 aromatic heterocycles. The van der Waals surface area contributed by atoms with Gasteiger partial charge < -0.3 is 0 Å². The van der Waals surface area contributed by atoms with Gasteiger partial charge >= 0.3 is 0 Å². The smallest absolute Gasteiger partial charge is 0.135 e. The molecule has 2 nitrogen and oxygen atoms in total. The number of likely N-dealkylation sites (tertiary alicyclic amines) is 1. The van der Waals surface area contributed by atoms with E-state index in [4.69, 9.17) is 11.6 Å². The quantitative estimate of drug-likeness (QED) is 0.794. The van der Waals surface area contributed by atoms with Crippen molar-refractivity contribution in [2.24, 2.45) is 0 Å². The van der Waals surface area contributed by atoms with Crippen LogP contribution in [-0.2, 0) is 11.3 Å². The van der Waals surface area contributed by atoms with Crippen LogP contribution in [0.5, 0.6) is 0 Å². The minimum absolute atomic E-state index is 0.274. The molecule has 0 amide bonds. The second-order valence-corrected chi connectivity index (χ2v) is 4.42. The molecule has 4 heteroatoms. The molecule has 0 aliphatic carbocycles. The molecule has 86 valence electrons. The highest BCUT2D eigenvalue weighted by atomic mass is 35.5. The van der Waals surface area contributed by atoms with Crippen LogP contribution < -0.4 is 0 Å². The third-order valence-electron chi connectivity index (χ3n) is 2.86. The highest BCUT2D eigenvalue weighted by molar-refractivity contribution is 6.31. The van der Waals surface area contributed by atoms with Gasteiger partial charge in [0.25, 0.3) is 0 Å². The van der Waals surface area contributed by atoms with Gasteiger partial charge in [-0.2, -0.15) is 0 Å². The van der Waals surface area contributed by atoms with Gasteiger partial charge in [0.15, 0.2) is 0 Å². The fourth-order valence-electron chi connectivity index (χ4n) is 1.87. The molecule has 0 bridgehead atoms. The molecule has 0 unspecified atom stereocenters. The first-order chi connectivity index (χ1) is 7.66. The van der Waals surface area contributed by atoms with Crippen LogP contribution in [0.3, 0.4) is 0 Å². The monoisotopic (exact) mass is 241 g/mol. The average Bonchev–Trinajstić information content (AvgIpc) is 2.26. The standard InChI is InChI=1S/C12H13ClFNO/c13-11-2-1-3-12(14)10(11)8-15-6-4-9(16)5-7-15/h1-3H,4-8H2. The zero-order chi connectivity index (χ0) is 11.5. The van der Waals surface area contributed by atoms with E-state index in [-0.39, 0.29) is 11.6 Å². The highest BCUT2D eigenvalue weighted by Gasteiger charge is 2.18. The van der Waals surface area contributed by atoms with E-state index in [1.807, 2.05) is 0 Å². The first-order valence-electron chi connectivity index (χ1n) is 5.34. The molecule has 0 saturated carbocycles. The van der Waals surface area contributed by atoms with E-state index < -0.39 is 0 Å². The largest absolute Gasteiger partial charge is 0.300 e. The lowest BCUT2D eigenvalue weighted by Gasteiger charge is -2.26. The second-order valence-electron chi connectivity index (χ2n) is 4.02. The predicted octanol–water partition coefficient (Wildman–Crippen LogP) is 2.64. The molecular formula is C12H13ClFNO. The van der Waals surface area contributed by atoms with Crippen LogP contribution in [0.15, 0.2) is 18.2 Å². The van der Waals surface area contributed by atoms with Crippen molar-refractivity contribution >= 4 is 17.4 Å². The van der Waals surface area contributed by atoms with Crippen LogP contribution in [0, 0.1) is 5.82 Å². The Balaban J connectivity index is 2.06. The molecule has 1 fully saturated rings. The summed E-state index contributed by atoms with van der Waals surface area (Å²) in [5.41, 5.74) is 0.526. The maximum atomic E-state index is 13.5. The summed E-state index contributed by atoms with van der Waals surface area (Å²) < 4.78 is 13.5. The number of rotatable bonds is 2. The summed E-state index contributed by atoms with van der Waals surface area (Å²) in [4.78, 5) is 13.1. The predicted molar refractivity (Wildman–Crippen MR) is 60.9 cm³/mol. The van der Waals surface area contributed by atoms with E-state index in [1.54, 1.807) is 12.1 Å². The Hall–Kier alpha value is -0.930. The molecule has 2 rings (SSSR count). The Morgan fingerprint density at radius 2 is 2.00 bits per heavy atom. The Morgan fingerprint density at radius 3 is 2.62 bits per heavy atom. The number of nitrogens with zero attached hydrogens (tertiary/aromatic N) is 1. The number of piperidine rings is 1. The summed E-state index contributed by atoms with van der Waals surface area (Å²) in [6, 6.07) is 4.70. The third-order valence-corrected chi connectivity index (χ3v) is 3.21. The van der Waals surface area contributed by atoms with Gasteiger partial charge in [0, 0.05) is 43.1 Å². The van der Waals surface area contributed by atoms with Crippen molar-refractivity contribution in [3.63, 3.8) is 0 Å². The normalized spacial score (nSPS) is 17.8. The van der Waals surface area contributed by atoms with Crippen molar-refractivity contribution in [1.29, 1.82) is 0 Å². The minimum Gasteiger partial charge on any atom is -0.300 e. The van der Waals surface area contributed by atoms with E-state index in [2.05, 4.69) is 4.90 Å². The zero-order valence-corrected chi connectivity index (χ0v) is 9.63. The van der Waals surface area contributed by atoms with Gasteiger partial charge in [-0.15, -0.1) is 0 Å². The van der Waals surface area contributed by atoms with Crippen LogP contribution >= 0.6 is 11.6 Å². The molecule has 0 atom stereocenters. The van der Waals surface area contributed by atoms with Crippen molar-refractivity contribution in [2.45, 2.75) is 19.4 Å². The van der Waals surface area contributed by atoms with Crippen LogP contribution in [0.1, 0.15) is 18.4 Å². The van der Waals surface area contributed by atoms with E-state index in [0.717, 1.165) is 0 Å². The van der Waals surface area contributed by atoms with E-state index in [9.17, 15) is 9.18 Å². The number of ketones is 1. The summed E-state index contributed by atoms with van der Waals surface area (Å²) in [5, 5.41) is 0.455. The van der Waals surface area contributed by atoms with Gasteiger partial charge in [0.1, 0.15) is 11.6 Å². The Bertz CT molecular complexity index is 378. The Morgan fingerprint density at radius 1 is 1.31 bits per heavy atom. The van der Waals surface area contributed by atoms with Gasteiger partial charge in [0.2, 0.25) is 0 Å². The number of carbonyl (C=O) groups is 1. The van der Waals surface area contributed by atoms with E-state index in [1.165, 1.54) is 6.07 Å². The lowest BCUT2D eigenvalue weighted by Crippen LogP contribution is -2.33. The maximum Gasteiger partial charge on any atom is 0.135 e. The molecule has 0 radical (unpaired) electrons. The number of Topliss-reactive ketones (excluding diaryl/α,β-unsaturated/α-hetero) is 1. The number of halogens is 2. The fraction of sp³-hybridized carbons (Fsp3) is 0.417. The van der Waals surface area contributed by atoms with Crippen LogP contribution in [0.25, 0.3) is 0 Å². The second kappa shape index (κ2) is 4.93. The highest BCUT2D eigenvalue weighted by Crippen LogP contribution is 2.21. The van der Waals surface area contributed by atoms with Crippen molar-refractivity contribution in [2.75, 3.05) is 13.1 Å². The van der Waals surface area contributed by atoms with E-state index in [0.29, 0.717) is 43.1 Å². The molecule has 1 aromatic carbocycles. The average molecular weight is 242 g/mol. The molecule has 16 heavy (non-hydrogen) atoms. The summed E-state index contributed by atoms with van der Waals surface area (Å²) in [7, 11) is 0. The summed E-state index contributed by atoms with van der Waals surface area (Å²) >= 11 is 5.94.